The van der Waals surface area contributed by atoms with Crippen LogP contribution in [0.25, 0.3) is 11.4 Å². The molecule has 0 fully saturated rings. The molecule has 3 aromatic rings. The molecule has 1 heterocycles. The minimum absolute atomic E-state index is 0.484. The van der Waals surface area contributed by atoms with E-state index in [-0.39, 0.29) is 0 Å². The Balaban J connectivity index is 1.81. The first-order valence-corrected chi connectivity index (χ1v) is 7.78. The van der Waals surface area contributed by atoms with E-state index in [2.05, 4.69) is 29.0 Å². The number of ether oxygens (including phenoxy) is 1. The van der Waals surface area contributed by atoms with Gasteiger partial charge in [0.1, 0.15) is 6.61 Å². The SMILES string of the molecule is Cc1cccc(COc2cc(C)nc(-c3ccc(Cl)cc3)n2)c1. The van der Waals surface area contributed by atoms with Gasteiger partial charge in [-0.05, 0) is 43.7 Å². The van der Waals surface area contributed by atoms with Crippen molar-refractivity contribution in [1.29, 1.82) is 0 Å². The monoisotopic (exact) mass is 324 g/mol. The van der Waals surface area contributed by atoms with Crippen molar-refractivity contribution >= 4 is 11.6 Å². The fourth-order valence-electron chi connectivity index (χ4n) is 2.30. The normalized spacial score (nSPS) is 10.6. The summed E-state index contributed by atoms with van der Waals surface area (Å²) in [5.74, 6) is 1.21. The molecule has 4 heteroatoms. The van der Waals surface area contributed by atoms with Crippen LogP contribution in [0.4, 0.5) is 0 Å². The molecule has 0 aliphatic rings. The van der Waals surface area contributed by atoms with Gasteiger partial charge >= 0.3 is 0 Å². The lowest BCUT2D eigenvalue weighted by molar-refractivity contribution is 0.293. The Hall–Kier alpha value is -2.39. The van der Waals surface area contributed by atoms with E-state index in [4.69, 9.17) is 16.3 Å². The second kappa shape index (κ2) is 6.80. The average molecular weight is 325 g/mol. The fraction of sp³-hybridized carbons (Fsp3) is 0.158. The standard InChI is InChI=1S/C19H17ClN2O/c1-13-4-3-5-15(10-13)12-23-18-11-14(2)21-19(22-18)16-6-8-17(20)9-7-16/h3-11H,12H2,1-2H3. The van der Waals surface area contributed by atoms with Crippen LogP contribution < -0.4 is 4.74 Å². The Morgan fingerprint density at radius 3 is 2.48 bits per heavy atom. The van der Waals surface area contributed by atoms with Crippen molar-refractivity contribution in [2.45, 2.75) is 20.5 Å². The summed E-state index contributed by atoms with van der Waals surface area (Å²) in [6, 6.07) is 17.6. The van der Waals surface area contributed by atoms with Gasteiger partial charge in [-0.25, -0.2) is 4.98 Å². The highest BCUT2D eigenvalue weighted by Crippen LogP contribution is 2.21. The second-order valence-corrected chi connectivity index (χ2v) is 5.89. The summed E-state index contributed by atoms with van der Waals surface area (Å²) >= 11 is 5.93. The highest BCUT2D eigenvalue weighted by atomic mass is 35.5. The van der Waals surface area contributed by atoms with Gasteiger partial charge in [0.05, 0.1) is 0 Å². The topological polar surface area (TPSA) is 35.0 Å². The van der Waals surface area contributed by atoms with Gasteiger partial charge in [-0.3, -0.25) is 0 Å². The molecule has 0 spiro atoms. The fourth-order valence-corrected chi connectivity index (χ4v) is 2.43. The molecule has 0 saturated carbocycles. The number of nitrogens with zero attached hydrogens (tertiary/aromatic N) is 2. The van der Waals surface area contributed by atoms with Crippen LogP contribution in [0.5, 0.6) is 5.88 Å². The molecule has 0 bridgehead atoms. The van der Waals surface area contributed by atoms with Crippen LogP contribution in [0.1, 0.15) is 16.8 Å². The summed E-state index contributed by atoms with van der Waals surface area (Å²) in [6.45, 7) is 4.48. The third kappa shape index (κ3) is 4.08. The lowest BCUT2D eigenvalue weighted by Crippen LogP contribution is -2.00. The smallest absolute Gasteiger partial charge is 0.217 e. The van der Waals surface area contributed by atoms with Crippen molar-refractivity contribution in [2.75, 3.05) is 0 Å². The molecule has 3 rings (SSSR count). The number of hydrogen-bond donors (Lipinski definition) is 0. The van der Waals surface area contributed by atoms with Crippen molar-refractivity contribution in [3.63, 3.8) is 0 Å². The predicted octanol–water partition coefficient (Wildman–Crippen LogP) is 4.99. The Labute approximate surface area is 140 Å². The van der Waals surface area contributed by atoms with Crippen LogP contribution in [0.3, 0.4) is 0 Å². The maximum absolute atomic E-state index is 5.93. The molecule has 0 atom stereocenters. The largest absolute Gasteiger partial charge is 0.473 e. The molecule has 3 nitrogen and oxygen atoms in total. The first kappa shape index (κ1) is 15.5. The van der Waals surface area contributed by atoms with Crippen LogP contribution in [0.2, 0.25) is 5.02 Å². The summed E-state index contributed by atoms with van der Waals surface area (Å²) < 4.78 is 5.84. The highest BCUT2D eigenvalue weighted by Gasteiger charge is 2.06. The van der Waals surface area contributed by atoms with E-state index in [1.54, 1.807) is 0 Å². The molecule has 0 aliphatic carbocycles. The van der Waals surface area contributed by atoms with E-state index in [0.29, 0.717) is 23.3 Å². The first-order chi connectivity index (χ1) is 11.1. The minimum atomic E-state index is 0.484. The molecule has 0 unspecified atom stereocenters. The zero-order chi connectivity index (χ0) is 16.2. The van der Waals surface area contributed by atoms with Gasteiger partial charge < -0.3 is 4.74 Å². The van der Waals surface area contributed by atoms with Gasteiger partial charge in [-0.1, -0.05) is 41.4 Å². The van der Waals surface area contributed by atoms with Gasteiger partial charge in [0.2, 0.25) is 5.88 Å². The van der Waals surface area contributed by atoms with E-state index in [9.17, 15) is 0 Å². The average Bonchev–Trinajstić information content (AvgIpc) is 2.53. The van der Waals surface area contributed by atoms with Crippen LogP contribution >= 0.6 is 11.6 Å². The molecule has 2 aromatic carbocycles. The van der Waals surface area contributed by atoms with Crippen molar-refractivity contribution in [3.05, 3.63) is 76.4 Å². The number of halogens is 1. The van der Waals surface area contributed by atoms with E-state index < -0.39 is 0 Å². The number of rotatable bonds is 4. The quantitative estimate of drug-likeness (QED) is 0.678. The third-order valence-electron chi connectivity index (χ3n) is 3.40. The van der Waals surface area contributed by atoms with Gasteiger partial charge in [-0.15, -0.1) is 0 Å². The molecular weight excluding hydrogens is 308 g/mol. The molecule has 0 amide bonds. The predicted molar refractivity (Wildman–Crippen MR) is 92.7 cm³/mol. The van der Waals surface area contributed by atoms with Crippen molar-refractivity contribution in [1.82, 2.24) is 9.97 Å². The molecular formula is C19H17ClN2O. The lowest BCUT2D eigenvalue weighted by atomic mass is 10.1. The Bertz CT molecular complexity index is 816. The maximum atomic E-state index is 5.93. The third-order valence-corrected chi connectivity index (χ3v) is 3.65. The highest BCUT2D eigenvalue weighted by molar-refractivity contribution is 6.30. The van der Waals surface area contributed by atoms with Gasteiger partial charge in [0.25, 0.3) is 0 Å². The second-order valence-electron chi connectivity index (χ2n) is 5.46. The summed E-state index contributed by atoms with van der Waals surface area (Å²) in [6.07, 6.45) is 0. The number of aromatic nitrogens is 2. The maximum Gasteiger partial charge on any atom is 0.217 e. The van der Waals surface area contributed by atoms with Crippen molar-refractivity contribution in [3.8, 4) is 17.3 Å². The van der Waals surface area contributed by atoms with E-state index in [0.717, 1.165) is 16.8 Å². The van der Waals surface area contributed by atoms with Gasteiger partial charge in [-0.2, -0.15) is 4.98 Å². The molecule has 0 N–H and O–H groups in total. The van der Waals surface area contributed by atoms with Gasteiger partial charge in [0.15, 0.2) is 5.82 Å². The Morgan fingerprint density at radius 1 is 0.957 bits per heavy atom. The Morgan fingerprint density at radius 2 is 1.74 bits per heavy atom. The summed E-state index contributed by atoms with van der Waals surface area (Å²) in [5, 5.41) is 0.692. The number of hydrogen-bond acceptors (Lipinski definition) is 3. The Kier molecular flexibility index (Phi) is 4.58. The van der Waals surface area contributed by atoms with Crippen LogP contribution in [-0.4, -0.2) is 9.97 Å². The summed E-state index contributed by atoms with van der Waals surface area (Å²) in [7, 11) is 0. The molecule has 1 aromatic heterocycles. The first-order valence-electron chi connectivity index (χ1n) is 7.40. The number of aryl methyl sites for hydroxylation is 2. The van der Waals surface area contributed by atoms with Crippen molar-refractivity contribution in [2.24, 2.45) is 0 Å². The summed E-state index contributed by atoms with van der Waals surface area (Å²) in [5.41, 5.74) is 4.11. The lowest BCUT2D eigenvalue weighted by Gasteiger charge is -2.09. The van der Waals surface area contributed by atoms with Crippen LogP contribution in [-0.2, 0) is 6.61 Å². The van der Waals surface area contributed by atoms with Crippen molar-refractivity contribution < 1.29 is 4.74 Å². The summed E-state index contributed by atoms with van der Waals surface area (Å²) in [4.78, 5) is 8.96. The molecule has 0 radical (unpaired) electrons. The molecule has 0 saturated heterocycles. The van der Waals surface area contributed by atoms with E-state index >= 15 is 0 Å². The molecule has 116 valence electrons. The molecule has 23 heavy (non-hydrogen) atoms. The van der Waals surface area contributed by atoms with E-state index in [1.807, 2.05) is 49.4 Å². The molecule has 0 aliphatic heterocycles. The zero-order valence-corrected chi connectivity index (χ0v) is 13.8. The number of benzene rings is 2. The zero-order valence-electron chi connectivity index (χ0n) is 13.1. The van der Waals surface area contributed by atoms with Crippen LogP contribution in [0.15, 0.2) is 54.6 Å². The van der Waals surface area contributed by atoms with Gasteiger partial charge in [0, 0.05) is 22.3 Å². The minimum Gasteiger partial charge on any atom is -0.473 e. The van der Waals surface area contributed by atoms with E-state index in [1.165, 1.54) is 5.56 Å². The van der Waals surface area contributed by atoms with Crippen LogP contribution in [0, 0.1) is 13.8 Å².